The van der Waals surface area contributed by atoms with E-state index in [1.54, 1.807) is 13.2 Å². The fourth-order valence-corrected chi connectivity index (χ4v) is 3.87. The van der Waals surface area contributed by atoms with Crippen LogP contribution >= 0.6 is 0 Å². The Hall–Kier alpha value is -4.13. The van der Waals surface area contributed by atoms with Gasteiger partial charge in [0.25, 0.3) is 0 Å². The highest BCUT2D eigenvalue weighted by atomic mass is 16.5. The van der Waals surface area contributed by atoms with Crippen molar-refractivity contribution in [1.82, 2.24) is 14.5 Å². The van der Waals surface area contributed by atoms with E-state index in [1.807, 2.05) is 73.7 Å². The average Bonchev–Trinajstić information content (AvgIpc) is 2.87. The number of nitrogens with one attached hydrogen (secondary N) is 1. The van der Waals surface area contributed by atoms with Gasteiger partial charge in [0.1, 0.15) is 5.75 Å². The molecular weight excluding hydrogens is 430 g/mol. The Kier molecular flexibility index (Phi) is 6.92. The second kappa shape index (κ2) is 10.2. The third-order valence-corrected chi connectivity index (χ3v) is 5.81. The number of fused-ring (bicyclic) bond motifs is 1. The van der Waals surface area contributed by atoms with Crippen LogP contribution in [-0.2, 0) is 24.4 Å². The standard InChI is InChI=1S/C27H27N3O4/c1-19-7-9-21(10-8-19)18-30-24-6-4-3-5-23(24)29(26(32)27(30)33)16-15-25(31)28-17-20-11-13-22(34-2)14-12-20/h3-14H,15-18H2,1-2H3,(H,28,31). The molecule has 1 heterocycles. The number of aromatic nitrogens is 2. The molecule has 0 aliphatic heterocycles. The van der Waals surface area contributed by atoms with Crippen molar-refractivity contribution in [3.8, 4) is 5.75 Å². The minimum Gasteiger partial charge on any atom is -0.497 e. The third-order valence-electron chi connectivity index (χ3n) is 5.81. The van der Waals surface area contributed by atoms with Crippen molar-refractivity contribution in [2.75, 3.05) is 7.11 Å². The molecule has 4 rings (SSSR count). The molecule has 7 nitrogen and oxygen atoms in total. The fourth-order valence-electron chi connectivity index (χ4n) is 3.87. The maximum Gasteiger partial charge on any atom is 0.317 e. The smallest absolute Gasteiger partial charge is 0.317 e. The highest BCUT2D eigenvalue weighted by Crippen LogP contribution is 2.14. The summed E-state index contributed by atoms with van der Waals surface area (Å²) in [5.74, 6) is 0.550. The van der Waals surface area contributed by atoms with E-state index in [-0.39, 0.29) is 18.9 Å². The topological polar surface area (TPSA) is 82.3 Å². The van der Waals surface area contributed by atoms with Crippen LogP contribution in [0.4, 0.5) is 0 Å². The number of hydrogen-bond acceptors (Lipinski definition) is 4. The number of ether oxygens (including phenoxy) is 1. The molecule has 0 aliphatic carbocycles. The largest absolute Gasteiger partial charge is 0.497 e. The van der Waals surface area contributed by atoms with Crippen LogP contribution in [0.15, 0.2) is 82.4 Å². The van der Waals surface area contributed by atoms with E-state index in [9.17, 15) is 14.4 Å². The summed E-state index contributed by atoms with van der Waals surface area (Å²) >= 11 is 0. The van der Waals surface area contributed by atoms with Gasteiger partial charge in [0, 0.05) is 19.5 Å². The lowest BCUT2D eigenvalue weighted by molar-refractivity contribution is -0.121. The van der Waals surface area contributed by atoms with Gasteiger partial charge in [-0.05, 0) is 42.3 Å². The molecule has 34 heavy (non-hydrogen) atoms. The Morgan fingerprint density at radius 2 is 1.41 bits per heavy atom. The summed E-state index contributed by atoms with van der Waals surface area (Å²) in [5.41, 5.74) is 3.06. The van der Waals surface area contributed by atoms with Crippen LogP contribution in [0.2, 0.25) is 0 Å². The van der Waals surface area contributed by atoms with Crippen LogP contribution in [0.1, 0.15) is 23.1 Å². The van der Waals surface area contributed by atoms with Gasteiger partial charge in [-0.2, -0.15) is 0 Å². The van der Waals surface area contributed by atoms with Crippen molar-refractivity contribution < 1.29 is 9.53 Å². The number of carbonyl (C=O) groups is 1. The van der Waals surface area contributed by atoms with E-state index in [2.05, 4.69) is 5.32 Å². The molecule has 0 bridgehead atoms. The first-order chi connectivity index (χ1) is 16.5. The maximum absolute atomic E-state index is 13.0. The van der Waals surface area contributed by atoms with Gasteiger partial charge in [0.05, 0.1) is 24.7 Å². The molecule has 1 aromatic heterocycles. The number of para-hydroxylation sites is 2. The molecule has 4 aromatic rings. The summed E-state index contributed by atoms with van der Waals surface area (Å²) in [4.78, 5) is 38.4. The summed E-state index contributed by atoms with van der Waals surface area (Å²) in [5, 5.41) is 2.86. The molecule has 3 aromatic carbocycles. The van der Waals surface area contributed by atoms with Crippen LogP contribution in [0.3, 0.4) is 0 Å². The van der Waals surface area contributed by atoms with Gasteiger partial charge >= 0.3 is 11.1 Å². The Morgan fingerprint density at radius 3 is 2.06 bits per heavy atom. The highest BCUT2D eigenvalue weighted by Gasteiger charge is 2.14. The van der Waals surface area contributed by atoms with Crippen molar-refractivity contribution in [1.29, 1.82) is 0 Å². The normalized spacial score (nSPS) is 10.9. The van der Waals surface area contributed by atoms with Crippen molar-refractivity contribution in [3.63, 3.8) is 0 Å². The molecule has 174 valence electrons. The Balaban J connectivity index is 1.53. The maximum atomic E-state index is 13.0. The number of benzene rings is 3. The van der Waals surface area contributed by atoms with Crippen molar-refractivity contribution in [2.45, 2.75) is 33.0 Å². The summed E-state index contributed by atoms with van der Waals surface area (Å²) in [6.45, 7) is 2.79. The first-order valence-electron chi connectivity index (χ1n) is 11.1. The molecular formula is C27H27N3O4. The quantitative estimate of drug-likeness (QED) is 0.412. The van der Waals surface area contributed by atoms with Crippen LogP contribution < -0.4 is 21.2 Å². The van der Waals surface area contributed by atoms with Crippen LogP contribution in [0.25, 0.3) is 11.0 Å². The van der Waals surface area contributed by atoms with E-state index >= 15 is 0 Å². The second-order valence-electron chi connectivity index (χ2n) is 8.20. The number of hydrogen-bond donors (Lipinski definition) is 1. The van der Waals surface area contributed by atoms with Gasteiger partial charge < -0.3 is 14.6 Å². The molecule has 0 spiro atoms. The first-order valence-corrected chi connectivity index (χ1v) is 11.1. The second-order valence-corrected chi connectivity index (χ2v) is 8.20. The fraction of sp³-hybridized carbons (Fsp3) is 0.222. The predicted octanol–water partition coefficient (Wildman–Crippen LogP) is 3.24. The molecule has 1 N–H and O–H groups in total. The van der Waals surface area contributed by atoms with Crippen LogP contribution in [0.5, 0.6) is 5.75 Å². The molecule has 0 atom stereocenters. The summed E-state index contributed by atoms with van der Waals surface area (Å²) < 4.78 is 8.04. The first kappa shape index (κ1) is 23.0. The van der Waals surface area contributed by atoms with Gasteiger partial charge in [-0.25, -0.2) is 0 Å². The number of nitrogens with zero attached hydrogens (tertiary/aromatic N) is 2. The Labute approximate surface area is 197 Å². The summed E-state index contributed by atoms with van der Waals surface area (Å²) in [7, 11) is 1.60. The third kappa shape index (κ3) is 5.09. The lowest BCUT2D eigenvalue weighted by atomic mass is 10.1. The van der Waals surface area contributed by atoms with E-state index in [4.69, 9.17) is 4.74 Å². The lowest BCUT2D eigenvalue weighted by Gasteiger charge is -2.15. The zero-order valence-corrected chi connectivity index (χ0v) is 19.3. The minimum absolute atomic E-state index is 0.0848. The number of methoxy groups -OCH3 is 1. The molecule has 0 saturated heterocycles. The molecule has 0 aliphatic rings. The zero-order chi connectivity index (χ0) is 24.1. The average molecular weight is 458 g/mol. The molecule has 0 unspecified atom stereocenters. The van der Waals surface area contributed by atoms with Crippen molar-refractivity contribution in [3.05, 3.63) is 110 Å². The highest BCUT2D eigenvalue weighted by molar-refractivity contribution is 5.77. The van der Waals surface area contributed by atoms with E-state index in [1.165, 1.54) is 9.13 Å². The SMILES string of the molecule is COc1ccc(CNC(=O)CCn2c(=O)c(=O)n(Cc3ccc(C)cc3)c3ccccc32)cc1. The molecule has 1 amide bonds. The van der Waals surface area contributed by atoms with Crippen molar-refractivity contribution in [2.24, 2.45) is 0 Å². The zero-order valence-electron chi connectivity index (χ0n) is 19.3. The van der Waals surface area contributed by atoms with E-state index in [0.29, 0.717) is 24.1 Å². The van der Waals surface area contributed by atoms with E-state index in [0.717, 1.165) is 22.4 Å². The minimum atomic E-state index is -0.631. The Bertz CT molecular complexity index is 1420. The van der Waals surface area contributed by atoms with Gasteiger partial charge in [-0.3, -0.25) is 19.0 Å². The van der Waals surface area contributed by atoms with Crippen molar-refractivity contribution >= 4 is 16.9 Å². The van der Waals surface area contributed by atoms with Gasteiger partial charge in [-0.1, -0.05) is 54.1 Å². The molecule has 0 fully saturated rings. The van der Waals surface area contributed by atoms with E-state index < -0.39 is 11.1 Å². The van der Waals surface area contributed by atoms with Crippen LogP contribution in [0, 0.1) is 6.92 Å². The van der Waals surface area contributed by atoms with Gasteiger partial charge in [0.15, 0.2) is 0 Å². The molecule has 0 saturated carbocycles. The Morgan fingerprint density at radius 1 is 0.824 bits per heavy atom. The summed E-state index contributed by atoms with van der Waals surface area (Å²) in [6, 6.07) is 22.6. The van der Waals surface area contributed by atoms with Gasteiger partial charge in [0.2, 0.25) is 5.91 Å². The number of rotatable bonds is 8. The number of aryl methyl sites for hydroxylation is 2. The lowest BCUT2D eigenvalue weighted by Crippen LogP contribution is -2.42. The predicted molar refractivity (Wildman–Crippen MR) is 132 cm³/mol. The molecule has 7 heteroatoms. The number of amides is 1. The van der Waals surface area contributed by atoms with Gasteiger partial charge in [-0.15, -0.1) is 0 Å². The molecule has 0 radical (unpaired) electrons. The number of carbonyl (C=O) groups excluding carboxylic acids is 1. The summed E-state index contributed by atoms with van der Waals surface area (Å²) in [6.07, 6.45) is 0.0848. The monoisotopic (exact) mass is 457 g/mol. The van der Waals surface area contributed by atoms with Crippen LogP contribution in [-0.4, -0.2) is 22.2 Å².